The molecule has 0 spiro atoms. The van der Waals surface area contributed by atoms with E-state index in [2.05, 4.69) is 146 Å². The van der Waals surface area contributed by atoms with Crippen molar-refractivity contribution in [2.24, 2.45) is 0 Å². The van der Waals surface area contributed by atoms with E-state index in [1.807, 2.05) is 6.07 Å². The van der Waals surface area contributed by atoms with E-state index in [9.17, 15) is 0 Å². The van der Waals surface area contributed by atoms with Crippen molar-refractivity contribution in [3.8, 4) is 22.3 Å². The lowest BCUT2D eigenvalue weighted by atomic mass is 9.87. The number of hydrogen-bond acceptors (Lipinski definition) is 1. The highest BCUT2D eigenvalue weighted by Crippen LogP contribution is 2.42. The number of benzene rings is 7. The van der Waals surface area contributed by atoms with E-state index < -0.39 is 8.07 Å². The molecule has 0 bridgehead atoms. The SMILES string of the molecule is C[Si](C)(C)c1ccc(-c2ccc3ccc4c(-c5ccc(Nc6ccccc6)cc5)ccc5ccc2c3c54)cc1. The summed E-state index contributed by atoms with van der Waals surface area (Å²) < 4.78 is 0. The van der Waals surface area contributed by atoms with Crippen molar-refractivity contribution in [2.75, 3.05) is 5.32 Å². The molecule has 1 N–H and O–H groups in total. The normalized spacial score (nSPS) is 12.0. The van der Waals surface area contributed by atoms with E-state index in [1.54, 1.807) is 0 Å². The maximum Gasteiger partial charge on any atom is 0.0775 e. The maximum atomic E-state index is 3.50. The predicted octanol–water partition coefficient (Wildman–Crippen LogP) is 10.2. The van der Waals surface area contributed by atoms with Crippen molar-refractivity contribution in [1.82, 2.24) is 0 Å². The molecule has 0 aliphatic rings. The molecule has 0 aliphatic carbocycles. The van der Waals surface area contributed by atoms with Gasteiger partial charge >= 0.3 is 0 Å². The summed E-state index contributed by atoms with van der Waals surface area (Å²) in [4.78, 5) is 0. The van der Waals surface area contributed by atoms with Gasteiger partial charge in [-0.2, -0.15) is 0 Å². The first-order valence-corrected chi connectivity index (χ1v) is 17.2. The van der Waals surface area contributed by atoms with Crippen LogP contribution in [0.3, 0.4) is 0 Å². The van der Waals surface area contributed by atoms with Gasteiger partial charge in [0.25, 0.3) is 0 Å². The quantitative estimate of drug-likeness (QED) is 0.177. The van der Waals surface area contributed by atoms with Gasteiger partial charge in [-0.05, 0) is 78.8 Å². The molecule has 2 heteroatoms. The first-order valence-electron chi connectivity index (χ1n) is 13.7. The van der Waals surface area contributed by atoms with Gasteiger partial charge in [-0.3, -0.25) is 0 Å². The smallest absolute Gasteiger partial charge is 0.0775 e. The Bertz CT molecular complexity index is 1930. The van der Waals surface area contributed by atoms with Crippen molar-refractivity contribution in [3.63, 3.8) is 0 Å². The summed E-state index contributed by atoms with van der Waals surface area (Å²) in [7, 11) is -1.33. The van der Waals surface area contributed by atoms with Crippen LogP contribution in [0.1, 0.15) is 0 Å². The first kappa shape index (κ1) is 23.7. The number of hydrogen-bond donors (Lipinski definition) is 1. The molecule has 0 aromatic heterocycles. The number of nitrogens with one attached hydrogen (secondary N) is 1. The van der Waals surface area contributed by atoms with Crippen LogP contribution in [0.4, 0.5) is 11.4 Å². The van der Waals surface area contributed by atoms with Gasteiger partial charge in [0.1, 0.15) is 0 Å². The first-order chi connectivity index (χ1) is 19.0. The molecule has 7 aromatic carbocycles. The second-order valence-electron chi connectivity index (χ2n) is 11.5. The van der Waals surface area contributed by atoms with Gasteiger partial charge in [-0.25, -0.2) is 0 Å². The fourth-order valence-corrected chi connectivity index (χ4v) is 7.04. The number of anilines is 2. The predicted molar refractivity (Wildman–Crippen MR) is 174 cm³/mol. The average Bonchev–Trinajstić information content (AvgIpc) is 2.96. The maximum absolute atomic E-state index is 3.50. The van der Waals surface area contributed by atoms with Gasteiger partial charge < -0.3 is 5.32 Å². The van der Waals surface area contributed by atoms with E-state index in [-0.39, 0.29) is 0 Å². The molecule has 0 heterocycles. The molecule has 1 nitrogen and oxygen atoms in total. The Morgan fingerprint density at radius 3 is 1.41 bits per heavy atom. The van der Waals surface area contributed by atoms with Gasteiger partial charge in [0.05, 0.1) is 8.07 Å². The molecular formula is C37H31NSi. The van der Waals surface area contributed by atoms with Crippen molar-refractivity contribution >= 4 is 57.0 Å². The molecule has 0 unspecified atom stereocenters. The Balaban J connectivity index is 1.35. The summed E-state index contributed by atoms with van der Waals surface area (Å²) in [6, 6.07) is 46.8. The third-order valence-electron chi connectivity index (χ3n) is 7.98. The van der Waals surface area contributed by atoms with E-state index >= 15 is 0 Å². The largest absolute Gasteiger partial charge is 0.356 e. The second-order valence-corrected chi connectivity index (χ2v) is 16.6. The highest BCUT2D eigenvalue weighted by molar-refractivity contribution is 6.88. The van der Waals surface area contributed by atoms with Gasteiger partial charge in [0.15, 0.2) is 0 Å². The third kappa shape index (κ3) is 4.18. The van der Waals surface area contributed by atoms with Crippen LogP contribution in [0.25, 0.3) is 54.6 Å². The van der Waals surface area contributed by atoms with Crippen LogP contribution < -0.4 is 10.5 Å². The molecule has 0 fully saturated rings. The minimum atomic E-state index is -1.33. The minimum Gasteiger partial charge on any atom is -0.356 e. The van der Waals surface area contributed by atoms with Gasteiger partial charge in [-0.15, -0.1) is 0 Å². The van der Waals surface area contributed by atoms with Crippen LogP contribution in [0, 0.1) is 0 Å². The summed E-state index contributed by atoms with van der Waals surface area (Å²) in [5.41, 5.74) is 7.28. The Kier molecular flexibility index (Phi) is 5.54. The van der Waals surface area contributed by atoms with Crippen LogP contribution in [-0.4, -0.2) is 8.07 Å². The Hall–Kier alpha value is -4.40. The van der Waals surface area contributed by atoms with E-state index in [0.29, 0.717) is 0 Å². The van der Waals surface area contributed by atoms with Gasteiger partial charge in [0.2, 0.25) is 0 Å². The average molecular weight is 518 g/mol. The lowest BCUT2D eigenvalue weighted by molar-refractivity contribution is 1.55. The van der Waals surface area contributed by atoms with Crippen molar-refractivity contribution in [3.05, 3.63) is 127 Å². The molecule has 0 radical (unpaired) electrons. The monoisotopic (exact) mass is 517 g/mol. The van der Waals surface area contributed by atoms with E-state index in [1.165, 1.54) is 59.8 Å². The summed E-state index contributed by atoms with van der Waals surface area (Å²) >= 11 is 0. The summed E-state index contributed by atoms with van der Waals surface area (Å²) in [6.07, 6.45) is 0. The molecule has 0 saturated heterocycles. The fraction of sp³-hybridized carbons (Fsp3) is 0.0811. The molecule has 0 saturated carbocycles. The Morgan fingerprint density at radius 2 is 0.897 bits per heavy atom. The molecule has 0 aliphatic heterocycles. The standard InChI is InChI=1S/C37H31NSi/c1-39(2,3)31-19-11-26(12-20-31)33-22-14-28-15-23-34-32(21-13-27-16-24-35(33)37(28)36(27)34)25-9-17-30(18-10-25)38-29-7-5-4-6-8-29/h4-24,38H,1-3H3. The lowest BCUT2D eigenvalue weighted by Crippen LogP contribution is -2.37. The van der Waals surface area contributed by atoms with Gasteiger partial charge in [-0.1, -0.05) is 128 Å². The van der Waals surface area contributed by atoms with Crippen LogP contribution in [0.15, 0.2) is 127 Å². The van der Waals surface area contributed by atoms with Crippen LogP contribution in [0.5, 0.6) is 0 Å². The Morgan fingerprint density at radius 1 is 0.436 bits per heavy atom. The van der Waals surface area contributed by atoms with Crippen LogP contribution in [0.2, 0.25) is 19.6 Å². The number of para-hydroxylation sites is 1. The second kappa shape index (κ2) is 9.11. The van der Waals surface area contributed by atoms with Gasteiger partial charge in [0, 0.05) is 11.4 Å². The highest BCUT2D eigenvalue weighted by atomic mass is 28.3. The molecule has 7 aromatic rings. The highest BCUT2D eigenvalue weighted by Gasteiger charge is 2.17. The van der Waals surface area contributed by atoms with Crippen molar-refractivity contribution in [1.29, 1.82) is 0 Å². The molecule has 0 atom stereocenters. The Labute approximate surface area is 231 Å². The van der Waals surface area contributed by atoms with Crippen LogP contribution >= 0.6 is 0 Å². The number of rotatable bonds is 5. The fourth-order valence-electron chi connectivity index (χ4n) is 5.88. The van der Waals surface area contributed by atoms with E-state index in [4.69, 9.17) is 0 Å². The molecule has 188 valence electrons. The third-order valence-corrected chi connectivity index (χ3v) is 10.1. The zero-order valence-electron chi connectivity index (χ0n) is 22.6. The molecular weight excluding hydrogens is 487 g/mol. The van der Waals surface area contributed by atoms with Crippen LogP contribution in [-0.2, 0) is 0 Å². The summed E-state index contributed by atoms with van der Waals surface area (Å²) in [6.45, 7) is 7.22. The topological polar surface area (TPSA) is 12.0 Å². The zero-order valence-corrected chi connectivity index (χ0v) is 23.6. The summed E-state index contributed by atoms with van der Waals surface area (Å²) in [5, 5.41) is 12.9. The summed E-state index contributed by atoms with van der Waals surface area (Å²) in [5.74, 6) is 0. The molecule has 39 heavy (non-hydrogen) atoms. The van der Waals surface area contributed by atoms with E-state index in [0.717, 1.165) is 11.4 Å². The molecule has 7 rings (SSSR count). The minimum absolute atomic E-state index is 1.09. The lowest BCUT2D eigenvalue weighted by Gasteiger charge is -2.18. The van der Waals surface area contributed by atoms with Crippen molar-refractivity contribution in [2.45, 2.75) is 19.6 Å². The van der Waals surface area contributed by atoms with Crippen molar-refractivity contribution < 1.29 is 0 Å². The zero-order chi connectivity index (χ0) is 26.6. The molecule has 0 amide bonds.